The van der Waals surface area contributed by atoms with Gasteiger partial charge in [0.2, 0.25) is 0 Å². The van der Waals surface area contributed by atoms with Gasteiger partial charge in [0.15, 0.2) is 0 Å². The second kappa shape index (κ2) is 7.31. The molecule has 2 aromatic heterocycles. The zero-order valence-corrected chi connectivity index (χ0v) is 20.0. The molecule has 2 heteroatoms. The average molecular weight is 454 g/mol. The van der Waals surface area contributed by atoms with Crippen LogP contribution in [0.1, 0.15) is 11.1 Å². The lowest BCUT2D eigenvalue weighted by molar-refractivity contribution is 1.16. The molecule has 2 heterocycles. The van der Waals surface area contributed by atoms with Crippen molar-refractivity contribution in [3.05, 3.63) is 114 Å². The molecule has 0 bridgehead atoms. The number of aromatic nitrogens is 1. The van der Waals surface area contributed by atoms with Crippen LogP contribution in [0.2, 0.25) is 0 Å². The van der Waals surface area contributed by atoms with Crippen LogP contribution in [0.25, 0.3) is 58.8 Å². The van der Waals surface area contributed by atoms with E-state index in [-0.39, 0.29) is 0 Å². The Morgan fingerprint density at radius 1 is 0.500 bits per heavy atom. The molecule has 0 radical (unpaired) electrons. The Hall–Kier alpha value is -3.88. The second-order valence-corrected chi connectivity index (χ2v) is 10.3. The molecule has 0 aliphatic carbocycles. The van der Waals surface area contributed by atoms with Crippen LogP contribution in [-0.4, -0.2) is 4.57 Å². The van der Waals surface area contributed by atoms with Gasteiger partial charge in [0.05, 0.1) is 11.0 Å². The van der Waals surface area contributed by atoms with E-state index in [0.29, 0.717) is 0 Å². The van der Waals surface area contributed by atoms with Gasteiger partial charge >= 0.3 is 0 Å². The molecule has 1 nitrogen and oxygen atoms in total. The summed E-state index contributed by atoms with van der Waals surface area (Å²) in [6.45, 7) is 4.35. The molecule has 0 aliphatic rings. The van der Waals surface area contributed by atoms with Crippen molar-refractivity contribution in [2.45, 2.75) is 13.8 Å². The van der Waals surface area contributed by atoms with Crippen molar-refractivity contribution in [2.24, 2.45) is 0 Å². The quantitative estimate of drug-likeness (QED) is 0.246. The van der Waals surface area contributed by atoms with Gasteiger partial charge in [-0.3, -0.25) is 0 Å². The molecular formula is C32H23NS. The summed E-state index contributed by atoms with van der Waals surface area (Å²) in [7, 11) is 0. The van der Waals surface area contributed by atoms with Crippen LogP contribution in [0, 0.1) is 13.8 Å². The summed E-state index contributed by atoms with van der Waals surface area (Å²) in [4.78, 5) is 0. The second-order valence-electron chi connectivity index (χ2n) is 9.24. The highest BCUT2D eigenvalue weighted by molar-refractivity contribution is 7.25. The Morgan fingerprint density at radius 3 is 2.00 bits per heavy atom. The highest BCUT2D eigenvalue weighted by Crippen LogP contribution is 2.38. The normalized spacial score (nSPS) is 11.8. The summed E-state index contributed by atoms with van der Waals surface area (Å²) >= 11 is 1.87. The molecule has 0 unspecified atom stereocenters. The number of fused-ring (bicyclic) bond motifs is 6. The number of para-hydroxylation sites is 1. The third-order valence-electron chi connectivity index (χ3n) is 6.85. The molecular weight excluding hydrogens is 430 g/mol. The molecule has 0 fully saturated rings. The topological polar surface area (TPSA) is 4.93 Å². The predicted molar refractivity (Wildman–Crippen MR) is 149 cm³/mol. The van der Waals surface area contributed by atoms with Gasteiger partial charge < -0.3 is 4.57 Å². The maximum atomic E-state index is 2.42. The first-order chi connectivity index (χ1) is 16.7. The number of hydrogen-bond donors (Lipinski definition) is 0. The van der Waals surface area contributed by atoms with E-state index in [1.807, 2.05) is 11.3 Å². The van der Waals surface area contributed by atoms with Gasteiger partial charge in [-0.25, -0.2) is 0 Å². The highest BCUT2D eigenvalue weighted by Gasteiger charge is 2.14. The van der Waals surface area contributed by atoms with E-state index in [1.165, 1.54) is 69.9 Å². The summed E-state index contributed by atoms with van der Waals surface area (Å²) in [5, 5.41) is 5.27. The predicted octanol–water partition coefficient (Wildman–Crippen LogP) is 9.44. The molecule has 162 valence electrons. The average Bonchev–Trinajstić information content (AvgIpc) is 3.38. The van der Waals surface area contributed by atoms with Crippen LogP contribution in [0.15, 0.2) is 103 Å². The molecule has 0 saturated heterocycles. The van der Waals surface area contributed by atoms with Crippen molar-refractivity contribution in [1.29, 1.82) is 0 Å². The summed E-state index contributed by atoms with van der Waals surface area (Å²) in [6, 6.07) is 38.1. The van der Waals surface area contributed by atoms with Crippen molar-refractivity contribution < 1.29 is 0 Å². The largest absolute Gasteiger partial charge is 0.309 e. The first kappa shape index (κ1) is 19.6. The molecule has 7 rings (SSSR count). The van der Waals surface area contributed by atoms with E-state index >= 15 is 0 Å². The summed E-state index contributed by atoms with van der Waals surface area (Å²) in [6.07, 6.45) is 0. The minimum Gasteiger partial charge on any atom is -0.309 e. The van der Waals surface area contributed by atoms with Gasteiger partial charge in [-0.2, -0.15) is 0 Å². The first-order valence-corrected chi connectivity index (χ1v) is 12.5. The molecule has 34 heavy (non-hydrogen) atoms. The van der Waals surface area contributed by atoms with Crippen LogP contribution in [0.5, 0.6) is 0 Å². The van der Waals surface area contributed by atoms with Crippen LogP contribution < -0.4 is 0 Å². The third kappa shape index (κ3) is 2.92. The molecule has 5 aromatic carbocycles. The molecule has 0 N–H and O–H groups in total. The van der Waals surface area contributed by atoms with E-state index in [9.17, 15) is 0 Å². The maximum Gasteiger partial charge on any atom is 0.0547 e. The number of hydrogen-bond acceptors (Lipinski definition) is 1. The first-order valence-electron chi connectivity index (χ1n) is 11.7. The standard InChI is InChI=1S/C32H23NS/c1-20-15-21(2)17-24(16-20)33-29-9-5-3-7-25(29)26-13-11-23(19-30(26)33)22-12-14-32-28(18-22)27-8-4-6-10-31(27)34-32/h3-19H,1-2H3. The lowest BCUT2D eigenvalue weighted by Crippen LogP contribution is -1.95. The number of benzene rings is 5. The lowest BCUT2D eigenvalue weighted by atomic mass is 10.0. The van der Waals surface area contributed by atoms with Gasteiger partial charge in [-0.05, 0) is 78.6 Å². The van der Waals surface area contributed by atoms with E-state index in [4.69, 9.17) is 0 Å². The highest BCUT2D eigenvalue weighted by atomic mass is 32.1. The fourth-order valence-electron chi connectivity index (χ4n) is 5.41. The Bertz CT molecular complexity index is 1860. The fourth-order valence-corrected chi connectivity index (χ4v) is 6.50. The molecule has 0 atom stereocenters. The molecule has 0 amide bonds. The van der Waals surface area contributed by atoms with E-state index in [2.05, 4.69) is 122 Å². The molecule has 0 aliphatic heterocycles. The van der Waals surface area contributed by atoms with Crippen molar-refractivity contribution in [2.75, 3.05) is 0 Å². The summed E-state index contributed by atoms with van der Waals surface area (Å²) in [5.74, 6) is 0. The van der Waals surface area contributed by atoms with Crippen LogP contribution in [0.4, 0.5) is 0 Å². The van der Waals surface area contributed by atoms with E-state index < -0.39 is 0 Å². The number of thiophene rings is 1. The minimum atomic E-state index is 1.22. The van der Waals surface area contributed by atoms with Gasteiger partial charge in [0, 0.05) is 36.6 Å². The van der Waals surface area contributed by atoms with Gasteiger partial charge in [0.25, 0.3) is 0 Å². The van der Waals surface area contributed by atoms with Crippen LogP contribution in [0.3, 0.4) is 0 Å². The summed E-state index contributed by atoms with van der Waals surface area (Å²) < 4.78 is 5.11. The van der Waals surface area contributed by atoms with Gasteiger partial charge in [-0.15, -0.1) is 11.3 Å². The zero-order chi connectivity index (χ0) is 22.8. The zero-order valence-electron chi connectivity index (χ0n) is 19.2. The van der Waals surface area contributed by atoms with Crippen molar-refractivity contribution in [3.63, 3.8) is 0 Å². The SMILES string of the molecule is Cc1cc(C)cc(-n2c3ccccc3c3ccc(-c4ccc5sc6ccccc6c5c4)cc32)c1. The minimum absolute atomic E-state index is 1.22. The molecule has 0 spiro atoms. The third-order valence-corrected chi connectivity index (χ3v) is 8.00. The Balaban J connectivity index is 1.51. The van der Waals surface area contributed by atoms with Gasteiger partial charge in [-0.1, -0.05) is 60.7 Å². The number of nitrogens with zero attached hydrogens (tertiary/aromatic N) is 1. The van der Waals surface area contributed by atoms with Crippen molar-refractivity contribution >= 4 is 53.3 Å². The smallest absolute Gasteiger partial charge is 0.0547 e. The van der Waals surface area contributed by atoms with Crippen molar-refractivity contribution in [1.82, 2.24) is 4.57 Å². The lowest BCUT2D eigenvalue weighted by Gasteiger charge is -2.11. The Morgan fingerprint density at radius 2 is 1.15 bits per heavy atom. The Labute approximate surface area is 202 Å². The molecule has 0 saturated carbocycles. The van der Waals surface area contributed by atoms with Gasteiger partial charge in [0.1, 0.15) is 0 Å². The number of aryl methyl sites for hydroxylation is 2. The molecule has 7 aromatic rings. The summed E-state index contributed by atoms with van der Waals surface area (Å²) in [5.41, 5.74) is 8.80. The number of rotatable bonds is 2. The monoisotopic (exact) mass is 453 g/mol. The van der Waals surface area contributed by atoms with Crippen molar-refractivity contribution in [3.8, 4) is 16.8 Å². The fraction of sp³-hybridized carbons (Fsp3) is 0.0625. The Kier molecular flexibility index (Phi) is 4.21. The van der Waals surface area contributed by atoms with Crippen LogP contribution in [-0.2, 0) is 0 Å². The maximum absolute atomic E-state index is 2.42. The van der Waals surface area contributed by atoms with Crippen LogP contribution >= 0.6 is 11.3 Å². The van der Waals surface area contributed by atoms with E-state index in [1.54, 1.807) is 0 Å². The van der Waals surface area contributed by atoms with E-state index in [0.717, 1.165) is 0 Å².